The van der Waals surface area contributed by atoms with Crippen molar-refractivity contribution in [3.8, 4) is 5.75 Å². The van der Waals surface area contributed by atoms with Crippen LogP contribution in [0.2, 0.25) is 0 Å². The fourth-order valence-electron chi connectivity index (χ4n) is 7.32. The monoisotopic (exact) mass is 609 g/mol. The fraction of sp³-hybridized carbons (Fsp3) is 0.343. The molecule has 1 unspecified atom stereocenters. The number of aliphatic hydroxyl groups is 1. The number of aliphatic hydroxyl groups excluding tert-OH is 1. The molecular weight excluding hydrogens is 574 g/mol. The van der Waals surface area contributed by atoms with Crippen LogP contribution >= 0.6 is 11.8 Å². The van der Waals surface area contributed by atoms with Gasteiger partial charge in [0, 0.05) is 42.9 Å². The van der Waals surface area contributed by atoms with E-state index in [1.807, 2.05) is 98.0 Å². The number of likely N-dealkylation sites (tertiary alicyclic amines) is 1. The number of hydrogen-bond donors (Lipinski definition) is 1. The lowest BCUT2D eigenvalue weighted by Gasteiger charge is -2.35. The van der Waals surface area contributed by atoms with Gasteiger partial charge in [-0.1, -0.05) is 54.6 Å². The minimum Gasteiger partial charge on any atom is -0.494 e. The number of fused-ring (bicyclic) bond motifs is 3. The molecule has 1 spiro atoms. The first-order chi connectivity index (χ1) is 21.5. The molecule has 4 heterocycles. The third kappa shape index (κ3) is 4.52. The second-order valence-corrected chi connectivity index (χ2v) is 13.1. The molecule has 0 aliphatic carbocycles. The predicted octanol–water partition coefficient (Wildman–Crippen LogP) is 4.42. The average molecular weight is 610 g/mol. The van der Waals surface area contributed by atoms with E-state index in [0.717, 1.165) is 27.9 Å². The molecule has 0 saturated carbocycles. The van der Waals surface area contributed by atoms with Gasteiger partial charge in [-0.15, -0.1) is 11.8 Å². The molecule has 44 heavy (non-hydrogen) atoms. The number of carbonyl (C=O) groups excluding carboxylic acids is 3. The number of thioether (sulfide) groups is 1. The smallest absolute Gasteiger partial charge is 0.251 e. The minimum absolute atomic E-state index is 0.0982. The van der Waals surface area contributed by atoms with Crippen molar-refractivity contribution >= 4 is 51.6 Å². The Morgan fingerprint density at radius 2 is 1.61 bits per heavy atom. The predicted molar refractivity (Wildman–Crippen MR) is 173 cm³/mol. The highest BCUT2D eigenvalue weighted by molar-refractivity contribution is 8.02. The number of hydrogen-bond acceptors (Lipinski definition) is 6. The Kier molecular flexibility index (Phi) is 7.46. The van der Waals surface area contributed by atoms with E-state index in [9.17, 15) is 19.5 Å². The van der Waals surface area contributed by atoms with Gasteiger partial charge in [0.15, 0.2) is 0 Å². The van der Waals surface area contributed by atoms with Gasteiger partial charge in [0.1, 0.15) is 11.8 Å². The Morgan fingerprint density at radius 3 is 2.39 bits per heavy atom. The highest BCUT2D eigenvalue weighted by Gasteiger charge is 2.71. The van der Waals surface area contributed by atoms with E-state index < -0.39 is 22.6 Å². The van der Waals surface area contributed by atoms with Crippen LogP contribution in [0.15, 0.2) is 91.0 Å². The van der Waals surface area contributed by atoms with Crippen molar-refractivity contribution in [2.75, 3.05) is 42.6 Å². The number of ether oxygens (including phenoxy) is 1. The van der Waals surface area contributed by atoms with Crippen molar-refractivity contribution in [3.05, 3.63) is 91.0 Å². The molecule has 3 amide bonds. The molecule has 3 aromatic carbocycles. The van der Waals surface area contributed by atoms with Crippen LogP contribution in [0.1, 0.15) is 13.3 Å². The zero-order valence-electron chi connectivity index (χ0n) is 24.5. The molecule has 4 aliphatic heterocycles. The first kappa shape index (κ1) is 28.7. The molecule has 0 radical (unpaired) electrons. The van der Waals surface area contributed by atoms with Crippen LogP contribution in [0.5, 0.6) is 5.75 Å². The second-order valence-electron chi connectivity index (χ2n) is 11.6. The van der Waals surface area contributed by atoms with Crippen LogP contribution < -0.4 is 14.5 Å². The Balaban J connectivity index is 1.27. The molecule has 2 fully saturated rings. The number of rotatable bonds is 7. The summed E-state index contributed by atoms with van der Waals surface area (Å²) in [6.45, 7) is 3.38. The molecule has 4 aliphatic rings. The quantitative estimate of drug-likeness (QED) is 0.399. The molecule has 226 valence electrons. The van der Waals surface area contributed by atoms with Crippen molar-refractivity contribution in [1.29, 1.82) is 0 Å². The van der Waals surface area contributed by atoms with Gasteiger partial charge in [-0.3, -0.25) is 14.4 Å². The van der Waals surface area contributed by atoms with Crippen LogP contribution in [0, 0.1) is 11.8 Å². The van der Waals surface area contributed by atoms with E-state index in [1.165, 1.54) is 0 Å². The van der Waals surface area contributed by atoms with Crippen LogP contribution in [-0.4, -0.2) is 76.6 Å². The van der Waals surface area contributed by atoms with Gasteiger partial charge in [0.2, 0.25) is 11.8 Å². The lowest BCUT2D eigenvalue weighted by atomic mass is 9.78. The summed E-state index contributed by atoms with van der Waals surface area (Å²) in [6, 6.07) is 20.6. The molecule has 9 heteroatoms. The van der Waals surface area contributed by atoms with E-state index in [-0.39, 0.29) is 36.1 Å². The number of amides is 3. The highest BCUT2D eigenvalue weighted by atomic mass is 32.2. The third-order valence-corrected chi connectivity index (χ3v) is 11.0. The fourth-order valence-corrected chi connectivity index (χ4v) is 9.32. The molecule has 1 N–H and O–H groups in total. The Labute approximate surface area is 260 Å². The molecule has 5 atom stereocenters. The van der Waals surface area contributed by atoms with E-state index in [0.29, 0.717) is 26.1 Å². The topological polar surface area (TPSA) is 90.4 Å². The van der Waals surface area contributed by atoms with Gasteiger partial charge in [-0.2, -0.15) is 0 Å². The van der Waals surface area contributed by atoms with Gasteiger partial charge >= 0.3 is 0 Å². The maximum Gasteiger partial charge on any atom is 0.251 e. The van der Waals surface area contributed by atoms with E-state index in [4.69, 9.17) is 4.74 Å². The van der Waals surface area contributed by atoms with Crippen molar-refractivity contribution < 1.29 is 24.2 Å². The van der Waals surface area contributed by atoms with Gasteiger partial charge in [0.05, 0.1) is 23.2 Å². The Hall–Kier alpha value is -4.08. The molecular formula is C35H35N3O5S. The second kappa shape index (κ2) is 11.4. The first-order valence-corrected chi connectivity index (χ1v) is 16.1. The van der Waals surface area contributed by atoms with Gasteiger partial charge in [0.25, 0.3) is 5.91 Å². The maximum absolute atomic E-state index is 14.6. The molecule has 2 saturated heterocycles. The minimum atomic E-state index is -0.910. The third-order valence-electron chi connectivity index (χ3n) is 9.22. The normalized spacial score (nSPS) is 27.8. The van der Waals surface area contributed by atoms with Gasteiger partial charge in [-0.25, -0.2) is 0 Å². The summed E-state index contributed by atoms with van der Waals surface area (Å²) in [5.41, 5.74) is 1.51. The van der Waals surface area contributed by atoms with Gasteiger partial charge in [-0.05, 0) is 60.5 Å². The Bertz CT molecular complexity index is 1670. The average Bonchev–Trinajstić information content (AvgIpc) is 3.35. The summed E-state index contributed by atoms with van der Waals surface area (Å²) < 4.78 is 4.68. The molecule has 3 aromatic rings. The van der Waals surface area contributed by atoms with Crippen LogP contribution in [0.4, 0.5) is 11.4 Å². The molecule has 7 rings (SSSR count). The lowest BCUT2D eigenvalue weighted by molar-refractivity contribution is -0.138. The van der Waals surface area contributed by atoms with Crippen molar-refractivity contribution in [2.45, 2.75) is 29.4 Å². The van der Waals surface area contributed by atoms with E-state index in [2.05, 4.69) is 0 Å². The zero-order chi connectivity index (χ0) is 30.4. The van der Waals surface area contributed by atoms with E-state index in [1.54, 1.807) is 26.5 Å². The number of benzene rings is 3. The number of carbonyl (C=O) groups is 3. The van der Waals surface area contributed by atoms with Crippen molar-refractivity contribution in [1.82, 2.24) is 4.90 Å². The molecule has 8 nitrogen and oxygen atoms in total. The Morgan fingerprint density at radius 1 is 0.886 bits per heavy atom. The summed E-state index contributed by atoms with van der Waals surface area (Å²) in [6.07, 6.45) is 8.40. The number of anilines is 2. The van der Waals surface area contributed by atoms with Crippen LogP contribution in [0.3, 0.4) is 0 Å². The summed E-state index contributed by atoms with van der Waals surface area (Å²) >= 11 is 1.56. The summed E-state index contributed by atoms with van der Waals surface area (Å²) in [4.78, 5) is 48.6. The lowest BCUT2D eigenvalue weighted by Crippen LogP contribution is -2.53. The van der Waals surface area contributed by atoms with Gasteiger partial charge < -0.3 is 24.5 Å². The van der Waals surface area contributed by atoms with Crippen LogP contribution in [-0.2, 0) is 14.4 Å². The maximum atomic E-state index is 14.6. The molecule has 0 bridgehead atoms. The standard InChI is InChI=1S/C35H35N3O5S/c1-2-43-27-15-13-25(14-16-27)36-18-5-10-28-29(32(36)40)30-33(41)38(20-7-21-39)31-34(42)37(19-6-17-35(30,31)44-28)26-12-11-23-8-3-4-9-24(23)22-26/h3-6,8-17,22,28-31,39H,2,7,18-21H2,1H3/t28-,29+,30+,31?,35+/m1/s1. The summed E-state index contributed by atoms with van der Waals surface area (Å²) in [7, 11) is 0. The van der Waals surface area contributed by atoms with E-state index >= 15 is 0 Å². The summed E-state index contributed by atoms with van der Waals surface area (Å²) in [5.74, 6) is -1.10. The van der Waals surface area contributed by atoms with Crippen LogP contribution in [0.25, 0.3) is 10.8 Å². The largest absolute Gasteiger partial charge is 0.494 e. The SMILES string of the molecule is CCOc1ccc(N2CC=C[C@H]3S[C@]45C=CCN(c6ccc7ccccc7c6)C(=O)C4N(CCCO)C(=O)[C@@H]5[C@H]3C2=O)cc1. The summed E-state index contributed by atoms with van der Waals surface area (Å²) in [5, 5.41) is 11.6. The zero-order valence-corrected chi connectivity index (χ0v) is 25.4. The number of nitrogens with zero attached hydrogens (tertiary/aromatic N) is 3. The molecule has 0 aromatic heterocycles. The highest BCUT2D eigenvalue weighted by Crippen LogP contribution is 2.61. The van der Waals surface area contributed by atoms with Crippen molar-refractivity contribution in [2.24, 2.45) is 11.8 Å². The van der Waals surface area contributed by atoms with Crippen molar-refractivity contribution in [3.63, 3.8) is 0 Å². The first-order valence-electron chi connectivity index (χ1n) is 15.2.